The van der Waals surface area contributed by atoms with Gasteiger partial charge in [0.2, 0.25) is 0 Å². The zero-order chi connectivity index (χ0) is 18.8. The van der Waals surface area contributed by atoms with E-state index in [9.17, 15) is 14.7 Å². The lowest BCUT2D eigenvalue weighted by Gasteiger charge is -2.26. The fraction of sp³-hybridized carbons (Fsp3) is 0.429. The third-order valence-electron chi connectivity index (χ3n) is 4.87. The summed E-state index contributed by atoms with van der Waals surface area (Å²) in [5.41, 5.74) is 2.41. The normalized spacial score (nSPS) is 16.5. The third kappa shape index (κ3) is 3.82. The van der Waals surface area contributed by atoms with Crippen molar-refractivity contribution in [1.29, 1.82) is 0 Å². The lowest BCUT2D eigenvalue weighted by molar-refractivity contribution is -0.136. The van der Waals surface area contributed by atoms with Crippen LogP contribution >= 0.6 is 0 Å². The maximum Gasteiger partial charge on any atom is 0.311 e. The van der Waals surface area contributed by atoms with Crippen LogP contribution in [0.3, 0.4) is 0 Å². The number of hydrogen-bond acceptors (Lipinski definition) is 4. The molecular formula is C21H25NO4. The van der Waals surface area contributed by atoms with Crippen LogP contribution in [0.1, 0.15) is 49.4 Å². The molecule has 0 aliphatic carbocycles. The molecule has 0 spiro atoms. The van der Waals surface area contributed by atoms with Crippen molar-refractivity contribution in [1.82, 2.24) is 4.57 Å². The molecule has 0 amide bonds. The minimum absolute atomic E-state index is 0.0584. The van der Waals surface area contributed by atoms with Gasteiger partial charge in [0, 0.05) is 24.2 Å². The van der Waals surface area contributed by atoms with Crippen molar-refractivity contribution >= 4 is 5.97 Å². The summed E-state index contributed by atoms with van der Waals surface area (Å²) in [4.78, 5) is 25.1. The van der Waals surface area contributed by atoms with E-state index in [1.54, 1.807) is 22.8 Å². The summed E-state index contributed by atoms with van der Waals surface area (Å²) in [5, 5.41) is 9.39. The van der Waals surface area contributed by atoms with Gasteiger partial charge < -0.3 is 14.4 Å². The summed E-state index contributed by atoms with van der Waals surface area (Å²) in [6, 6.07) is 8.82. The Balaban J connectivity index is 1.93. The number of aromatic nitrogens is 1. The Morgan fingerprint density at radius 1 is 1.23 bits per heavy atom. The van der Waals surface area contributed by atoms with Crippen molar-refractivity contribution in [3.8, 4) is 11.5 Å². The first-order chi connectivity index (χ1) is 12.3. The number of benzene rings is 1. The number of phenolic OH excluding ortho intramolecular Hbond substituents is 1. The first kappa shape index (κ1) is 18.2. The van der Waals surface area contributed by atoms with Crippen LogP contribution in [0.25, 0.3) is 0 Å². The maximum atomic E-state index is 13.1. The summed E-state index contributed by atoms with van der Waals surface area (Å²) in [6.07, 6.45) is 1.74. The van der Waals surface area contributed by atoms with Gasteiger partial charge in [-0.1, -0.05) is 26.0 Å². The fourth-order valence-corrected chi connectivity index (χ4v) is 3.64. The molecule has 1 atom stereocenters. The van der Waals surface area contributed by atoms with Gasteiger partial charge in [0.05, 0.1) is 12.0 Å². The molecule has 138 valence electrons. The van der Waals surface area contributed by atoms with Gasteiger partial charge in [-0.25, -0.2) is 0 Å². The Hall–Kier alpha value is -2.56. The van der Waals surface area contributed by atoms with Crippen molar-refractivity contribution in [2.75, 3.05) is 0 Å². The smallest absolute Gasteiger partial charge is 0.311 e. The largest absolute Gasteiger partial charge is 0.508 e. The van der Waals surface area contributed by atoms with E-state index in [1.807, 2.05) is 19.1 Å². The Labute approximate surface area is 153 Å². The van der Waals surface area contributed by atoms with Crippen molar-refractivity contribution in [2.45, 2.75) is 52.5 Å². The number of carbonyl (C=O) groups excluding carboxylic acids is 1. The van der Waals surface area contributed by atoms with Gasteiger partial charge in [-0.05, 0) is 43.4 Å². The van der Waals surface area contributed by atoms with Crippen molar-refractivity contribution in [2.24, 2.45) is 5.92 Å². The van der Waals surface area contributed by atoms with Gasteiger partial charge in [0.15, 0.2) is 0 Å². The first-order valence-electron chi connectivity index (χ1n) is 9.08. The molecule has 2 aromatic rings. The number of ether oxygens (including phenoxy) is 1. The minimum Gasteiger partial charge on any atom is -0.508 e. The van der Waals surface area contributed by atoms with Crippen LogP contribution < -0.4 is 10.3 Å². The topological polar surface area (TPSA) is 68.5 Å². The molecule has 26 heavy (non-hydrogen) atoms. The van der Waals surface area contributed by atoms with Crippen LogP contribution in [0.5, 0.6) is 11.5 Å². The van der Waals surface area contributed by atoms with Crippen LogP contribution in [-0.4, -0.2) is 15.6 Å². The highest BCUT2D eigenvalue weighted by atomic mass is 16.5. The zero-order valence-electron chi connectivity index (χ0n) is 15.5. The van der Waals surface area contributed by atoms with Gasteiger partial charge >= 0.3 is 5.97 Å². The summed E-state index contributed by atoms with van der Waals surface area (Å²) < 4.78 is 7.12. The molecule has 2 heterocycles. The minimum atomic E-state index is -0.260. The van der Waals surface area contributed by atoms with Crippen LogP contribution in [-0.2, 0) is 17.8 Å². The number of fused-ring (bicyclic) bond motifs is 1. The average molecular weight is 355 g/mol. The lowest BCUT2D eigenvalue weighted by Crippen LogP contribution is -2.33. The van der Waals surface area contributed by atoms with Crippen molar-refractivity contribution < 1.29 is 14.6 Å². The molecule has 1 N–H and O–H groups in total. The van der Waals surface area contributed by atoms with Crippen LogP contribution in [0.4, 0.5) is 0 Å². The fourth-order valence-electron chi connectivity index (χ4n) is 3.64. The van der Waals surface area contributed by atoms with Gasteiger partial charge in [-0.15, -0.1) is 0 Å². The first-order valence-corrected chi connectivity index (χ1v) is 9.08. The average Bonchev–Trinajstić information content (AvgIpc) is 2.55. The molecule has 0 radical (unpaired) electrons. The number of phenols is 1. The number of esters is 1. The van der Waals surface area contributed by atoms with Gasteiger partial charge in [0.25, 0.3) is 5.56 Å². The van der Waals surface area contributed by atoms with Crippen LogP contribution in [0.15, 0.2) is 35.1 Å². The van der Waals surface area contributed by atoms with E-state index >= 15 is 0 Å². The molecule has 1 aliphatic rings. The third-order valence-corrected chi connectivity index (χ3v) is 4.87. The SMILES string of the molecule is Cc1cc2c(c(=O)n1CCc1ccc(O)cc1)[C@H](CC(C)C)CC(=O)O2. The molecule has 0 saturated carbocycles. The van der Waals surface area contributed by atoms with Crippen LogP contribution in [0, 0.1) is 12.8 Å². The van der Waals surface area contributed by atoms with E-state index in [2.05, 4.69) is 13.8 Å². The molecule has 3 rings (SSSR count). The Kier molecular flexibility index (Phi) is 5.16. The van der Waals surface area contributed by atoms with Crippen LogP contribution in [0.2, 0.25) is 0 Å². The number of aryl methyl sites for hydroxylation is 2. The van der Waals surface area contributed by atoms with E-state index < -0.39 is 0 Å². The monoisotopic (exact) mass is 355 g/mol. The van der Waals surface area contributed by atoms with Gasteiger partial charge in [-0.2, -0.15) is 0 Å². The molecule has 1 aromatic carbocycles. The lowest BCUT2D eigenvalue weighted by atomic mass is 9.86. The van der Waals surface area contributed by atoms with E-state index in [-0.39, 0.29) is 29.6 Å². The molecule has 0 bridgehead atoms. The number of hydrogen-bond donors (Lipinski definition) is 1. The van der Waals surface area contributed by atoms with Crippen molar-refractivity contribution in [3.05, 3.63) is 57.5 Å². The highest BCUT2D eigenvalue weighted by Crippen LogP contribution is 2.36. The van der Waals surface area contributed by atoms with E-state index in [1.165, 1.54) is 0 Å². The molecule has 1 aromatic heterocycles. The Bertz CT molecular complexity index is 865. The Morgan fingerprint density at radius 3 is 2.58 bits per heavy atom. The van der Waals surface area contributed by atoms with Crippen molar-refractivity contribution in [3.63, 3.8) is 0 Å². The van der Waals surface area contributed by atoms with Gasteiger partial charge in [-0.3, -0.25) is 9.59 Å². The quantitative estimate of drug-likeness (QED) is 0.833. The highest BCUT2D eigenvalue weighted by molar-refractivity contribution is 5.76. The van der Waals surface area contributed by atoms with E-state index in [0.717, 1.165) is 17.7 Å². The molecule has 0 saturated heterocycles. The summed E-state index contributed by atoms with van der Waals surface area (Å²) in [7, 11) is 0. The molecule has 0 unspecified atom stereocenters. The summed E-state index contributed by atoms with van der Waals surface area (Å²) >= 11 is 0. The summed E-state index contributed by atoms with van der Waals surface area (Å²) in [6.45, 7) is 6.60. The highest BCUT2D eigenvalue weighted by Gasteiger charge is 2.31. The predicted molar refractivity (Wildman–Crippen MR) is 99.7 cm³/mol. The Morgan fingerprint density at radius 2 is 1.92 bits per heavy atom. The second-order valence-corrected chi connectivity index (χ2v) is 7.44. The second-order valence-electron chi connectivity index (χ2n) is 7.44. The molecule has 1 aliphatic heterocycles. The van der Waals surface area contributed by atoms with E-state index in [0.29, 0.717) is 30.2 Å². The molecule has 5 nitrogen and oxygen atoms in total. The predicted octanol–water partition coefficient (Wildman–Crippen LogP) is 3.54. The number of nitrogens with zero attached hydrogens (tertiary/aromatic N) is 1. The molecule has 5 heteroatoms. The second kappa shape index (κ2) is 7.36. The number of carbonyl (C=O) groups is 1. The maximum absolute atomic E-state index is 13.1. The standard InChI is InChI=1S/C21H25NO4/c1-13(2)10-16-12-19(24)26-18-11-14(3)22(21(25)20(16)18)9-8-15-4-6-17(23)7-5-15/h4-7,11,13,16,23H,8-10,12H2,1-3H3/t16-/m1/s1. The molecular weight excluding hydrogens is 330 g/mol. The number of aromatic hydroxyl groups is 1. The number of pyridine rings is 1. The number of rotatable bonds is 5. The zero-order valence-corrected chi connectivity index (χ0v) is 15.5. The van der Waals surface area contributed by atoms with E-state index in [4.69, 9.17) is 4.74 Å². The van der Waals surface area contributed by atoms with Gasteiger partial charge in [0.1, 0.15) is 11.5 Å². The summed E-state index contributed by atoms with van der Waals surface area (Å²) in [5.74, 6) is 0.706. The molecule has 0 fully saturated rings.